The number of hydrogen-bond acceptors (Lipinski definition) is 7. The van der Waals surface area contributed by atoms with Crippen molar-refractivity contribution in [2.75, 3.05) is 11.5 Å². The van der Waals surface area contributed by atoms with E-state index >= 15 is 0 Å². The maximum absolute atomic E-state index is 13.5. The van der Waals surface area contributed by atoms with Gasteiger partial charge in [0.15, 0.2) is 10.9 Å². The summed E-state index contributed by atoms with van der Waals surface area (Å²) in [7, 11) is 0. The van der Waals surface area contributed by atoms with Gasteiger partial charge in [-0.1, -0.05) is 64.6 Å². The lowest BCUT2D eigenvalue weighted by Gasteiger charge is -2.34. The summed E-state index contributed by atoms with van der Waals surface area (Å²) >= 11 is 38.9. The maximum Gasteiger partial charge on any atom is 0.338 e. The first-order valence-corrected chi connectivity index (χ1v) is 13.2. The second-order valence-corrected chi connectivity index (χ2v) is 12.2. The number of allylic oxidation sites excluding steroid dienone is 2. The number of carbonyl (C=O) groups excluding carboxylic acids is 4. The fraction of sp³-hybridized carbons (Fsp3) is 0.250. The molecule has 2 bridgehead atoms. The molecule has 1 aliphatic heterocycles. The van der Waals surface area contributed by atoms with Crippen LogP contribution in [-0.2, 0) is 14.3 Å². The van der Waals surface area contributed by atoms with Gasteiger partial charge in [-0.05, 0) is 18.2 Å². The number of nitrogens with zero attached hydrogens (tertiary/aromatic N) is 2. The van der Waals surface area contributed by atoms with Crippen molar-refractivity contribution in [1.82, 2.24) is 0 Å². The summed E-state index contributed by atoms with van der Waals surface area (Å²) in [5.41, 5.74) is -0.431. The van der Waals surface area contributed by atoms with Crippen LogP contribution in [0.2, 0.25) is 0 Å². The molecule has 0 N–H and O–H groups in total. The van der Waals surface area contributed by atoms with E-state index in [0.717, 1.165) is 11.0 Å². The van der Waals surface area contributed by atoms with Crippen molar-refractivity contribution in [3.05, 3.63) is 79.8 Å². The first-order chi connectivity index (χ1) is 18.2. The second-order valence-electron chi connectivity index (χ2n) is 8.95. The molecule has 3 aliphatic rings. The molecule has 5 rings (SSSR count). The molecule has 0 aromatic heterocycles. The molecule has 2 amide bonds. The Bertz CT molecular complexity index is 1500. The smallest absolute Gasteiger partial charge is 0.338 e. The molecule has 4 atom stereocenters. The predicted octanol–water partition coefficient (Wildman–Crippen LogP) is 5.59. The van der Waals surface area contributed by atoms with Gasteiger partial charge in [-0.15, -0.1) is 23.2 Å². The van der Waals surface area contributed by atoms with Gasteiger partial charge in [-0.2, -0.15) is 0 Å². The van der Waals surface area contributed by atoms with Gasteiger partial charge < -0.3 is 4.74 Å². The van der Waals surface area contributed by atoms with Gasteiger partial charge in [0.2, 0.25) is 17.6 Å². The Labute approximate surface area is 249 Å². The van der Waals surface area contributed by atoms with Crippen LogP contribution < -0.4 is 4.90 Å². The van der Waals surface area contributed by atoms with Crippen molar-refractivity contribution >= 4 is 105 Å². The second kappa shape index (κ2) is 9.33. The lowest BCUT2D eigenvalue weighted by Crippen LogP contribution is -2.50. The lowest BCUT2D eigenvalue weighted by molar-refractivity contribution is -0.384. The highest BCUT2D eigenvalue weighted by Crippen LogP contribution is 2.77. The van der Waals surface area contributed by atoms with Crippen molar-refractivity contribution in [1.29, 1.82) is 0 Å². The first kappa shape index (κ1) is 28.1. The van der Waals surface area contributed by atoms with Gasteiger partial charge >= 0.3 is 5.97 Å². The lowest BCUT2D eigenvalue weighted by atomic mass is 9.84. The average Bonchev–Trinajstić information content (AvgIpc) is 3.30. The number of rotatable bonds is 6. The molecule has 2 aliphatic carbocycles. The number of fused-ring (bicyclic) bond motifs is 5. The summed E-state index contributed by atoms with van der Waals surface area (Å²) < 4.78 is 2.97. The third-order valence-electron chi connectivity index (χ3n) is 6.96. The minimum atomic E-state index is -2.08. The van der Waals surface area contributed by atoms with Gasteiger partial charge in [-0.3, -0.25) is 24.5 Å². The Morgan fingerprint density at radius 2 is 1.44 bits per heavy atom. The molecule has 1 saturated carbocycles. The van der Waals surface area contributed by atoms with Crippen LogP contribution in [0.3, 0.4) is 0 Å². The van der Waals surface area contributed by atoms with Crippen molar-refractivity contribution in [2.45, 2.75) is 14.1 Å². The van der Waals surface area contributed by atoms with Crippen molar-refractivity contribution in [2.24, 2.45) is 11.8 Å². The third-order valence-corrected chi connectivity index (χ3v) is 11.2. The number of Topliss-reactive ketones (excluding diaryl/α,β-unsaturated/α-hetero) is 1. The Hall–Kier alpha value is -2.40. The molecule has 0 spiro atoms. The monoisotopic (exact) mass is 650 g/mol. The molecular weight excluding hydrogens is 641 g/mol. The zero-order chi connectivity index (χ0) is 28.7. The summed E-state index contributed by atoms with van der Waals surface area (Å²) in [5.74, 6) is -5.94. The molecule has 15 heteroatoms. The van der Waals surface area contributed by atoms with Crippen LogP contribution >= 0.6 is 69.6 Å². The molecule has 0 radical (unpaired) electrons. The molecule has 39 heavy (non-hydrogen) atoms. The molecule has 2 aromatic carbocycles. The van der Waals surface area contributed by atoms with Gasteiger partial charge in [0.05, 0.1) is 38.1 Å². The standard InChI is InChI=1S/C24H12Cl6N2O7/c25-17-18(26)23(28)16-15(22(17,27)24(23,29)30)19(34)31(20(16)35)12-5-2-4-11(8-12)21(36)39-9-14(33)10-3-1-6-13(7-10)32(37)38/h1-8,15-16H,9H2/t15-,16+,22-,23-/m1/s1. The van der Waals surface area contributed by atoms with Gasteiger partial charge in [0, 0.05) is 17.7 Å². The number of carbonyl (C=O) groups is 4. The Kier molecular flexibility index (Phi) is 6.73. The highest BCUT2D eigenvalue weighted by atomic mass is 35.5. The van der Waals surface area contributed by atoms with Crippen LogP contribution in [0.1, 0.15) is 20.7 Å². The van der Waals surface area contributed by atoms with Crippen LogP contribution in [0.4, 0.5) is 11.4 Å². The van der Waals surface area contributed by atoms with Crippen LogP contribution in [0.15, 0.2) is 58.6 Å². The Morgan fingerprint density at radius 3 is 2.00 bits per heavy atom. The van der Waals surface area contributed by atoms with E-state index in [2.05, 4.69) is 0 Å². The van der Waals surface area contributed by atoms with Crippen LogP contribution in [0.25, 0.3) is 0 Å². The normalized spacial score (nSPS) is 28.6. The molecule has 1 saturated heterocycles. The Balaban J connectivity index is 1.38. The summed E-state index contributed by atoms with van der Waals surface area (Å²) in [6, 6.07) is 10.2. The van der Waals surface area contributed by atoms with E-state index < -0.39 is 61.0 Å². The molecule has 9 nitrogen and oxygen atoms in total. The van der Waals surface area contributed by atoms with Crippen LogP contribution in [0.5, 0.6) is 0 Å². The van der Waals surface area contributed by atoms with E-state index in [1.165, 1.54) is 42.5 Å². The van der Waals surface area contributed by atoms with Crippen LogP contribution in [0, 0.1) is 22.0 Å². The van der Waals surface area contributed by atoms with Crippen molar-refractivity contribution < 1.29 is 28.8 Å². The minimum absolute atomic E-state index is 0.0132. The number of nitro benzene ring substituents is 1. The van der Waals surface area contributed by atoms with E-state index in [0.29, 0.717) is 0 Å². The summed E-state index contributed by atoms with van der Waals surface area (Å²) in [6.07, 6.45) is 0. The van der Waals surface area contributed by atoms with E-state index in [1.807, 2.05) is 0 Å². The number of benzene rings is 2. The van der Waals surface area contributed by atoms with E-state index in [-0.39, 0.29) is 32.6 Å². The highest BCUT2D eigenvalue weighted by molar-refractivity contribution is 6.67. The minimum Gasteiger partial charge on any atom is -0.454 e. The fourth-order valence-electron chi connectivity index (χ4n) is 5.11. The average molecular weight is 653 g/mol. The maximum atomic E-state index is 13.5. The summed E-state index contributed by atoms with van der Waals surface area (Å²) in [6.45, 7) is -0.713. The van der Waals surface area contributed by atoms with E-state index in [1.54, 1.807) is 0 Å². The summed E-state index contributed by atoms with van der Waals surface area (Å²) in [5, 5.41) is 10.5. The largest absolute Gasteiger partial charge is 0.454 e. The number of ketones is 1. The number of amides is 2. The number of hydrogen-bond donors (Lipinski definition) is 0. The first-order valence-electron chi connectivity index (χ1n) is 10.9. The van der Waals surface area contributed by atoms with Gasteiger partial charge in [0.1, 0.15) is 9.75 Å². The zero-order valence-electron chi connectivity index (χ0n) is 19.0. The molecule has 1 heterocycles. The topological polar surface area (TPSA) is 124 Å². The predicted molar refractivity (Wildman–Crippen MR) is 144 cm³/mol. The summed E-state index contributed by atoms with van der Waals surface area (Å²) in [4.78, 5) is 59.2. The SMILES string of the molecule is O=C(COC(=O)c1cccc(N2C(=O)[C@@H]3[C@H](C2=O)[C@@]2(Cl)C(Cl)=C(Cl)[C@@]3(Cl)C2(Cl)Cl)c1)c1cccc([N+](=O)[O-])c1. The number of nitro groups is 1. The number of anilines is 1. The number of imide groups is 1. The van der Waals surface area contributed by atoms with Gasteiger partial charge in [0.25, 0.3) is 5.69 Å². The van der Waals surface area contributed by atoms with Gasteiger partial charge in [-0.25, -0.2) is 9.69 Å². The molecule has 2 fully saturated rings. The quantitative estimate of drug-likeness (QED) is 0.0996. The molecular formula is C24H12Cl6N2O7. The molecule has 2 aromatic rings. The number of non-ortho nitro benzene ring substituents is 1. The molecule has 202 valence electrons. The number of halogens is 6. The number of esters is 1. The Morgan fingerprint density at radius 1 is 0.897 bits per heavy atom. The molecule has 0 unspecified atom stereocenters. The third kappa shape index (κ3) is 3.67. The number of alkyl halides is 4. The zero-order valence-corrected chi connectivity index (χ0v) is 23.5. The van der Waals surface area contributed by atoms with Crippen molar-refractivity contribution in [3.8, 4) is 0 Å². The fourth-order valence-corrected chi connectivity index (χ4v) is 8.04. The number of ether oxygens (including phenoxy) is 1. The van der Waals surface area contributed by atoms with Crippen LogP contribution in [-0.4, -0.2) is 49.2 Å². The highest BCUT2D eigenvalue weighted by Gasteiger charge is 2.87. The van der Waals surface area contributed by atoms with E-state index in [4.69, 9.17) is 74.3 Å². The van der Waals surface area contributed by atoms with E-state index in [9.17, 15) is 29.3 Å². The van der Waals surface area contributed by atoms with Crippen molar-refractivity contribution in [3.63, 3.8) is 0 Å².